The summed E-state index contributed by atoms with van der Waals surface area (Å²) >= 11 is 0. The lowest BCUT2D eigenvalue weighted by molar-refractivity contribution is 0.0128. The molecule has 0 saturated carbocycles. The van der Waals surface area contributed by atoms with Gasteiger partial charge in [-0.3, -0.25) is 0 Å². The topological polar surface area (TPSA) is 61.7 Å². The molecular formula is C16H27NO3. The molecule has 4 heteroatoms. The Morgan fingerprint density at radius 3 is 2.45 bits per heavy atom. The minimum Gasteiger partial charge on any atom is -0.389 e. The Balaban J connectivity index is 2.13. The monoisotopic (exact) mass is 281 g/mol. The average molecular weight is 281 g/mol. The van der Waals surface area contributed by atoms with E-state index in [1.807, 2.05) is 44.2 Å². The molecule has 1 rings (SSSR count). The summed E-state index contributed by atoms with van der Waals surface area (Å²) in [5.41, 5.74) is 0.420. The summed E-state index contributed by atoms with van der Waals surface area (Å²) in [4.78, 5) is 0. The lowest BCUT2D eigenvalue weighted by Crippen LogP contribution is -2.42. The van der Waals surface area contributed by atoms with Crippen LogP contribution in [0.4, 0.5) is 0 Å². The van der Waals surface area contributed by atoms with Crippen molar-refractivity contribution in [2.45, 2.75) is 45.0 Å². The molecule has 20 heavy (non-hydrogen) atoms. The van der Waals surface area contributed by atoms with Crippen LogP contribution in [0, 0.1) is 0 Å². The fourth-order valence-electron chi connectivity index (χ4n) is 1.92. The first-order valence-electron chi connectivity index (χ1n) is 7.32. The van der Waals surface area contributed by atoms with Crippen molar-refractivity contribution in [2.75, 3.05) is 19.7 Å². The number of aliphatic hydroxyl groups excluding tert-OH is 1. The molecule has 0 amide bonds. The maximum atomic E-state index is 10.1. The molecule has 0 aliphatic carbocycles. The van der Waals surface area contributed by atoms with Crippen molar-refractivity contribution in [1.29, 1.82) is 0 Å². The number of rotatable bonds is 10. The van der Waals surface area contributed by atoms with Gasteiger partial charge in [0.05, 0.1) is 24.9 Å². The average Bonchev–Trinajstić information content (AvgIpc) is 2.48. The van der Waals surface area contributed by atoms with E-state index >= 15 is 0 Å². The van der Waals surface area contributed by atoms with Gasteiger partial charge in [0.1, 0.15) is 0 Å². The van der Waals surface area contributed by atoms with Gasteiger partial charge in [-0.1, -0.05) is 44.2 Å². The Hall–Kier alpha value is -0.940. The van der Waals surface area contributed by atoms with E-state index in [0.29, 0.717) is 39.1 Å². The maximum absolute atomic E-state index is 10.1. The summed E-state index contributed by atoms with van der Waals surface area (Å²) in [5, 5.41) is 23.0. The molecule has 0 heterocycles. The number of hydrogen-bond acceptors (Lipinski definition) is 4. The Kier molecular flexibility index (Phi) is 7.77. The quantitative estimate of drug-likeness (QED) is 0.611. The molecular weight excluding hydrogens is 254 g/mol. The summed E-state index contributed by atoms with van der Waals surface area (Å²) in [5.74, 6) is 0. The van der Waals surface area contributed by atoms with Gasteiger partial charge in [0, 0.05) is 13.1 Å². The number of nitrogens with one attached hydrogen (secondary N) is 1. The lowest BCUT2D eigenvalue weighted by Gasteiger charge is -2.26. The summed E-state index contributed by atoms with van der Waals surface area (Å²) in [6.07, 6.45) is 0.852. The molecule has 0 radical (unpaired) electrons. The second-order valence-electron chi connectivity index (χ2n) is 5.22. The van der Waals surface area contributed by atoms with E-state index < -0.39 is 11.7 Å². The Labute approximate surface area is 121 Å². The third-order valence-corrected chi connectivity index (χ3v) is 3.57. The smallest absolute Gasteiger partial charge is 0.0897 e. The van der Waals surface area contributed by atoms with E-state index in [-0.39, 0.29) is 0 Å². The second-order valence-corrected chi connectivity index (χ2v) is 5.22. The van der Waals surface area contributed by atoms with Crippen molar-refractivity contribution in [2.24, 2.45) is 0 Å². The van der Waals surface area contributed by atoms with Gasteiger partial charge in [0.2, 0.25) is 0 Å². The van der Waals surface area contributed by atoms with Crippen molar-refractivity contribution < 1.29 is 14.9 Å². The molecule has 0 saturated heterocycles. The highest BCUT2D eigenvalue weighted by atomic mass is 16.5. The van der Waals surface area contributed by atoms with E-state index in [1.165, 1.54) is 0 Å². The van der Waals surface area contributed by atoms with Gasteiger partial charge < -0.3 is 20.3 Å². The third kappa shape index (κ3) is 6.48. The van der Waals surface area contributed by atoms with Crippen LogP contribution in [0.25, 0.3) is 0 Å². The Morgan fingerprint density at radius 1 is 1.20 bits per heavy atom. The van der Waals surface area contributed by atoms with Gasteiger partial charge in [-0.2, -0.15) is 0 Å². The van der Waals surface area contributed by atoms with Crippen LogP contribution in [0.3, 0.4) is 0 Å². The van der Waals surface area contributed by atoms with E-state index in [9.17, 15) is 10.2 Å². The molecule has 0 aliphatic rings. The third-order valence-electron chi connectivity index (χ3n) is 3.57. The summed E-state index contributed by atoms with van der Waals surface area (Å²) in [6, 6.07) is 9.88. The minimum absolute atomic E-state index is 0.290. The number of benzene rings is 1. The number of hydrogen-bond donors (Lipinski definition) is 3. The number of ether oxygens (including phenoxy) is 1. The van der Waals surface area contributed by atoms with E-state index in [4.69, 9.17) is 4.74 Å². The van der Waals surface area contributed by atoms with Crippen LogP contribution in [-0.4, -0.2) is 41.6 Å². The fourth-order valence-corrected chi connectivity index (χ4v) is 1.92. The zero-order chi connectivity index (χ0) is 14.8. The molecule has 0 spiro atoms. The second kappa shape index (κ2) is 9.08. The van der Waals surface area contributed by atoms with Crippen LogP contribution in [0.5, 0.6) is 0 Å². The van der Waals surface area contributed by atoms with Gasteiger partial charge in [-0.15, -0.1) is 0 Å². The highest BCUT2D eigenvalue weighted by Gasteiger charge is 2.21. The molecule has 114 valence electrons. The van der Waals surface area contributed by atoms with Crippen molar-refractivity contribution >= 4 is 0 Å². The largest absolute Gasteiger partial charge is 0.389 e. The van der Waals surface area contributed by atoms with Gasteiger partial charge >= 0.3 is 0 Å². The van der Waals surface area contributed by atoms with Gasteiger partial charge in [0.15, 0.2) is 0 Å². The van der Waals surface area contributed by atoms with Gasteiger partial charge in [-0.25, -0.2) is 0 Å². The van der Waals surface area contributed by atoms with Crippen molar-refractivity contribution in [3.63, 3.8) is 0 Å². The van der Waals surface area contributed by atoms with Gasteiger partial charge in [0.25, 0.3) is 0 Å². The molecule has 0 aliphatic heterocycles. The van der Waals surface area contributed by atoms with E-state index in [2.05, 4.69) is 5.32 Å². The predicted octanol–water partition coefficient (Wildman–Crippen LogP) is 1.70. The molecule has 1 aromatic carbocycles. The Bertz CT molecular complexity index is 352. The lowest BCUT2D eigenvalue weighted by atomic mass is 9.97. The predicted molar refractivity (Wildman–Crippen MR) is 80.5 cm³/mol. The SMILES string of the molecule is CCC(O)(CC)CNCC(O)COCc1ccccc1. The molecule has 1 atom stereocenters. The molecule has 0 aromatic heterocycles. The normalized spacial score (nSPS) is 13.4. The van der Waals surface area contributed by atoms with Gasteiger partial charge in [-0.05, 0) is 18.4 Å². The van der Waals surface area contributed by atoms with Crippen LogP contribution < -0.4 is 5.32 Å². The van der Waals surface area contributed by atoms with Crippen LogP contribution in [0.1, 0.15) is 32.3 Å². The Morgan fingerprint density at radius 2 is 1.85 bits per heavy atom. The molecule has 4 nitrogen and oxygen atoms in total. The molecule has 1 unspecified atom stereocenters. The highest BCUT2D eigenvalue weighted by molar-refractivity contribution is 5.13. The molecule has 1 aromatic rings. The van der Waals surface area contributed by atoms with Crippen molar-refractivity contribution in [3.05, 3.63) is 35.9 Å². The summed E-state index contributed by atoms with van der Waals surface area (Å²) < 4.78 is 5.46. The van der Waals surface area contributed by atoms with E-state index in [1.54, 1.807) is 0 Å². The highest BCUT2D eigenvalue weighted by Crippen LogP contribution is 2.12. The van der Waals surface area contributed by atoms with Crippen molar-refractivity contribution in [1.82, 2.24) is 5.32 Å². The summed E-state index contributed by atoms with van der Waals surface area (Å²) in [7, 11) is 0. The zero-order valence-corrected chi connectivity index (χ0v) is 12.5. The minimum atomic E-state index is -0.676. The van der Waals surface area contributed by atoms with Crippen molar-refractivity contribution in [3.8, 4) is 0 Å². The van der Waals surface area contributed by atoms with Crippen LogP contribution in [0.2, 0.25) is 0 Å². The van der Waals surface area contributed by atoms with Crippen LogP contribution >= 0.6 is 0 Å². The number of aliphatic hydroxyl groups is 2. The van der Waals surface area contributed by atoms with E-state index in [0.717, 1.165) is 5.56 Å². The standard InChI is InChI=1S/C16H27NO3/c1-3-16(19,4-2)13-17-10-15(18)12-20-11-14-8-6-5-7-9-14/h5-9,15,17-19H,3-4,10-13H2,1-2H3. The first kappa shape index (κ1) is 17.1. The maximum Gasteiger partial charge on any atom is 0.0897 e. The summed E-state index contributed by atoms with van der Waals surface area (Å²) in [6.45, 7) is 5.65. The first-order valence-corrected chi connectivity index (χ1v) is 7.32. The zero-order valence-electron chi connectivity index (χ0n) is 12.5. The molecule has 3 N–H and O–H groups in total. The molecule has 0 fully saturated rings. The molecule has 0 bridgehead atoms. The van der Waals surface area contributed by atoms with Crippen LogP contribution in [0.15, 0.2) is 30.3 Å². The fraction of sp³-hybridized carbons (Fsp3) is 0.625. The van der Waals surface area contributed by atoms with Crippen LogP contribution in [-0.2, 0) is 11.3 Å². The first-order chi connectivity index (χ1) is 9.59.